The van der Waals surface area contributed by atoms with Crippen LogP contribution >= 0.6 is 0 Å². The zero-order valence-electron chi connectivity index (χ0n) is 13.6. The highest BCUT2D eigenvalue weighted by molar-refractivity contribution is 6.10. The van der Waals surface area contributed by atoms with Gasteiger partial charge in [-0.15, -0.1) is 0 Å². The Morgan fingerprint density at radius 2 is 1.64 bits per heavy atom. The first kappa shape index (κ1) is 17.6. The summed E-state index contributed by atoms with van der Waals surface area (Å²) in [4.78, 5) is 14.7. The van der Waals surface area contributed by atoms with E-state index in [1.54, 1.807) is 24.3 Å². The number of benzene rings is 2. The molecule has 0 unspecified atom stereocenters. The van der Waals surface area contributed by atoms with Gasteiger partial charge in [0.2, 0.25) is 0 Å². The van der Waals surface area contributed by atoms with Crippen molar-refractivity contribution in [1.29, 1.82) is 0 Å². The van der Waals surface area contributed by atoms with Gasteiger partial charge in [0.05, 0.1) is 18.8 Å². The fraction of sp³-hybridized carbons (Fsp3) is 0.316. The molecule has 1 aliphatic heterocycles. The Bertz CT molecular complexity index is 735. The molecule has 0 bridgehead atoms. The number of nitrogens with zero attached hydrogens (tertiary/aromatic N) is 1. The van der Waals surface area contributed by atoms with E-state index in [9.17, 15) is 18.0 Å². The minimum absolute atomic E-state index is 0.252. The minimum Gasteiger partial charge on any atom is -0.379 e. The summed E-state index contributed by atoms with van der Waals surface area (Å²) in [5.41, 5.74) is 0.0401. The van der Waals surface area contributed by atoms with Crippen molar-refractivity contribution in [2.75, 3.05) is 26.3 Å². The van der Waals surface area contributed by atoms with Gasteiger partial charge in [-0.2, -0.15) is 13.2 Å². The van der Waals surface area contributed by atoms with Crippen LogP contribution in [0.2, 0.25) is 0 Å². The molecule has 0 aromatic heterocycles. The standard InChI is InChI=1S/C19H18F3NO2/c20-19(21,22)17-4-2-1-3-16(17)18(24)15-7-5-14(6-8-15)13-23-9-11-25-12-10-23/h1-8H,9-13H2. The molecule has 6 heteroatoms. The molecule has 3 nitrogen and oxygen atoms in total. The number of halogens is 3. The Kier molecular flexibility index (Phi) is 5.20. The molecule has 2 aromatic rings. The molecule has 3 rings (SSSR count). The molecule has 132 valence electrons. The van der Waals surface area contributed by atoms with Crippen LogP contribution in [0.5, 0.6) is 0 Å². The number of carbonyl (C=O) groups is 1. The van der Waals surface area contributed by atoms with Crippen LogP contribution in [0, 0.1) is 0 Å². The van der Waals surface area contributed by atoms with Crippen molar-refractivity contribution in [2.24, 2.45) is 0 Å². The number of morpholine rings is 1. The Labute approximate surface area is 144 Å². The largest absolute Gasteiger partial charge is 0.417 e. The summed E-state index contributed by atoms with van der Waals surface area (Å²) in [6, 6.07) is 11.6. The Hall–Kier alpha value is -2.18. The predicted molar refractivity (Wildman–Crippen MR) is 87.4 cm³/mol. The van der Waals surface area contributed by atoms with E-state index in [0.29, 0.717) is 13.2 Å². The molecule has 0 amide bonds. The molecule has 0 spiro atoms. The Morgan fingerprint density at radius 3 is 2.28 bits per heavy atom. The van der Waals surface area contributed by atoms with Gasteiger partial charge in [0, 0.05) is 30.8 Å². The monoisotopic (exact) mass is 349 g/mol. The lowest BCUT2D eigenvalue weighted by molar-refractivity contribution is -0.137. The smallest absolute Gasteiger partial charge is 0.379 e. The van der Waals surface area contributed by atoms with Crippen LogP contribution in [0.3, 0.4) is 0 Å². The maximum Gasteiger partial charge on any atom is 0.417 e. The van der Waals surface area contributed by atoms with Crippen molar-refractivity contribution in [3.8, 4) is 0 Å². The van der Waals surface area contributed by atoms with E-state index in [2.05, 4.69) is 4.90 Å². The molecule has 25 heavy (non-hydrogen) atoms. The number of ketones is 1. The van der Waals surface area contributed by atoms with Gasteiger partial charge in [0.25, 0.3) is 0 Å². The lowest BCUT2D eigenvalue weighted by atomic mass is 9.97. The van der Waals surface area contributed by atoms with Crippen LogP contribution in [-0.4, -0.2) is 37.0 Å². The summed E-state index contributed by atoms with van der Waals surface area (Å²) < 4.78 is 44.5. The number of ether oxygens (including phenoxy) is 1. The normalized spacial score (nSPS) is 16.0. The van der Waals surface area contributed by atoms with Crippen molar-refractivity contribution >= 4 is 5.78 Å². The summed E-state index contributed by atoms with van der Waals surface area (Å²) in [7, 11) is 0. The fourth-order valence-corrected chi connectivity index (χ4v) is 2.86. The average molecular weight is 349 g/mol. The topological polar surface area (TPSA) is 29.5 Å². The second-order valence-electron chi connectivity index (χ2n) is 5.96. The van der Waals surface area contributed by atoms with E-state index in [1.807, 2.05) is 0 Å². The molecule has 1 saturated heterocycles. The molecule has 0 saturated carbocycles. The van der Waals surface area contributed by atoms with E-state index >= 15 is 0 Å². The van der Waals surface area contributed by atoms with Crippen LogP contribution < -0.4 is 0 Å². The van der Waals surface area contributed by atoms with E-state index in [4.69, 9.17) is 4.74 Å². The van der Waals surface area contributed by atoms with Crippen LogP contribution in [0.4, 0.5) is 13.2 Å². The lowest BCUT2D eigenvalue weighted by Gasteiger charge is -2.26. The third-order valence-corrected chi connectivity index (χ3v) is 4.20. The Balaban J connectivity index is 1.77. The fourth-order valence-electron chi connectivity index (χ4n) is 2.86. The van der Waals surface area contributed by atoms with Gasteiger partial charge in [-0.1, -0.05) is 42.5 Å². The molecule has 1 fully saturated rings. The third kappa shape index (κ3) is 4.27. The number of carbonyl (C=O) groups excluding carboxylic acids is 1. The maximum atomic E-state index is 13.1. The van der Waals surface area contributed by atoms with Crippen LogP contribution in [0.15, 0.2) is 48.5 Å². The molecular formula is C19H18F3NO2. The highest BCUT2D eigenvalue weighted by Gasteiger charge is 2.34. The van der Waals surface area contributed by atoms with Gasteiger partial charge < -0.3 is 4.74 Å². The SMILES string of the molecule is O=C(c1ccc(CN2CCOCC2)cc1)c1ccccc1C(F)(F)F. The molecule has 0 atom stereocenters. The molecule has 1 heterocycles. The van der Waals surface area contributed by atoms with Crippen molar-refractivity contribution < 1.29 is 22.7 Å². The summed E-state index contributed by atoms with van der Waals surface area (Å²) in [6.07, 6.45) is -4.55. The van der Waals surface area contributed by atoms with Crippen LogP contribution in [0.25, 0.3) is 0 Å². The van der Waals surface area contributed by atoms with Gasteiger partial charge in [-0.25, -0.2) is 0 Å². The lowest BCUT2D eigenvalue weighted by Crippen LogP contribution is -2.35. The van der Waals surface area contributed by atoms with Crippen molar-refractivity contribution in [1.82, 2.24) is 4.90 Å². The average Bonchev–Trinajstić information content (AvgIpc) is 2.62. The second kappa shape index (κ2) is 7.37. The van der Waals surface area contributed by atoms with Crippen LogP contribution in [0.1, 0.15) is 27.0 Å². The van der Waals surface area contributed by atoms with Gasteiger partial charge in [-0.3, -0.25) is 9.69 Å². The molecule has 2 aromatic carbocycles. The third-order valence-electron chi connectivity index (χ3n) is 4.20. The Morgan fingerprint density at radius 1 is 1.00 bits per heavy atom. The van der Waals surface area contributed by atoms with Crippen molar-refractivity contribution in [3.05, 3.63) is 70.8 Å². The van der Waals surface area contributed by atoms with E-state index in [0.717, 1.165) is 31.3 Å². The zero-order chi connectivity index (χ0) is 17.9. The van der Waals surface area contributed by atoms with Gasteiger partial charge >= 0.3 is 6.18 Å². The second-order valence-corrected chi connectivity index (χ2v) is 5.96. The van der Waals surface area contributed by atoms with Gasteiger partial charge in [0.1, 0.15) is 0 Å². The zero-order valence-corrected chi connectivity index (χ0v) is 13.6. The minimum atomic E-state index is -4.55. The van der Waals surface area contributed by atoms with E-state index in [1.165, 1.54) is 18.2 Å². The summed E-state index contributed by atoms with van der Waals surface area (Å²) in [6.45, 7) is 3.83. The van der Waals surface area contributed by atoms with Crippen molar-refractivity contribution in [3.63, 3.8) is 0 Å². The predicted octanol–water partition coefficient (Wildman–Crippen LogP) is 3.77. The summed E-state index contributed by atoms with van der Waals surface area (Å²) >= 11 is 0. The number of alkyl halides is 3. The molecule has 0 aliphatic carbocycles. The number of hydrogen-bond acceptors (Lipinski definition) is 3. The molecule has 0 N–H and O–H groups in total. The number of hydrogen-bond donors (Lipinski definition) is 0. The molecule has 0 radical (unpaired) electrons. The first-order valence-corrected chi connectivity index (χ1v) is 8.05. The highest BCUT2D eigenvalue weighted by atomic mass is 19.4. The van der Waals surface area contributed by atoms with E-state index < -0.39 is 17.5 Å². The quantitative estimate of drug-likeness (QED) is 0.787. The van der Waals surface area contributed by atoms with E-state index in [-0.39, 0.29) is 11.1 Å². The summed E-state index contributed by atoms with van der Waals surface area (Å²) in [5, 5.41) is 0. The maximum absolute atomic E-state index is 13.1. The van der Waals surface area contributed by atoms with Gasteiger partial charge in [0.15, 0.2) is 5.78 Å². The first-order chi connectivity index (χ1) is 11.9. The van der Waals surface area contributed by atoms with Crippen molar-refractivity contribution in [2.45, 2.75) is 12.7 Å². The van der Waals surface area contributed by atoms with Gasteiger partial charge in [-0.05, 0) is 11.6 Å². The number of rotatable bonds is 4. The molecular weight excluding hydrogens is 331 g/mol. The van der Waals surface area contributed by atoms with Crippen LogP contribution in [-0.2, 0) is 17.5 Å². The summed E-state index contributed by atoms with van der Waals surface area (Å²) in [5.74, 6) is -0.620. The first-order valence-electron chi connectivity index (χ1n) is 8.05. The highest BCUT2D eigenvalue weighted by Crippen LogP contribution is 2.32. The molecule has 1 aliphatic rings.